The minimum absolute atomic E-state index is 0.0187. The molecule has 0 radical (unpaired) electrons. The largest absolute Gasteiger partial charge is 0.336 e. The van der Waals surface area contributed by atoms with Gasteiger partial charge in [-0.1, -0.05) is 32.0 Å². The Morgan fingerprint density at radius 2 is 1.70 bits per heavy atom. The third-order valence-corrected chi connectivity index (χ3v) is 5.22. The van der Waals surface area contributed by atoms with Crippen molar-refractivity contribution in [3.8, 4) is 0 Å². The van der Waals surface area contributed by atoms with Crippen molar-refractivity contribution < 1.29 is 9.59 Å². The first-order chi connectivity index (χ1) is 11.0. The van der Waals surface area contributed by atoms with Crippen LogP contribution in [0.3, 0.4) is 0 Å². The van der Waals surface area contributed by atoms with Crippen LogP contribution in [0, 0.1) is 5.92 Å². The maximum absolute atomic E-state index is 12.8. The summed E-state index contributed by atoms with van der Waals surface area (Å²) >= 11 is 0. The van der Waals surface area contributed by atoms with E-state index in [9.17, 15) is 9.59 Å². The van der Waals surface area contributed by atoms with Crippen LogP contribution in [-0.2, 0) is 4.79 Å². The van der Waals surface area contributed by atoms with E-state index in [0.717, 1.165) is 44.3 Å². The molecule has 4 heteroatoms. The fourth-order valence-electron chi connectivity index (χ4n) is 4.07. The van der Waals surface area contributed by atoms with Gasteiger partial charge in [0.05, 0.1) is 5.54 Å². The van der Waals surface area contributed by atoms with Crippen molar-refractivity contribution in [1.29, 1.82) is 0 Å². The van der Waals surface area contributed by atoms with Gasteiger partial charge in [0, 0.05) is 31.1 Å². The fourth-order valence-corrected chi connectivity index (χ4v) is 4.07. The predicted octanol–water partition coefficient (Wildman–Crippen LogP) is 2.94. The smallest absolute Gasteiger partial charge is 0.253 e. The number of piperidine rings is 1. The molecule has 0 bridgehead atoms. The molecule has 2 aliphatic rings. The second kappa shape index (κ2) is 6.34. The number of likely N-dealkylation sites (tertiary alicyclic amines) is 2. The number of hydrogen-bond acceptors (Lipinski definition) is 2. The van der Waals surface area contributed by atoms with Gasteiger partial charge in [-0.15, -0.1) is 0 Å². The molecule has 0 aromatic heterocycles. The van der Waals surface area contributed by atoms with E-state index in [0.29, 0.717) is 6.54 Å². The summed E-state index contributed by atoms with van der Waals surface area (Å²) in [7, 11) is 0. The van der Waals surface area contributed by atoms with Gasteiger partial charge < -0.3 is 9.80 Å². The number of carbonyl (C=O) groups excluding carboxylic acids is 2. The van der Waals surface area contributed by atoms with E-state index in [2.05, 4.69) is 4.90 Å². The van der Waals surface area contributed by atoms with Crippen molar-refractivity contribution in [2.75, 3.05) is 19.6 Å². The Hall–Kier alpha value is -1.84. The summed E-state index contributed by atoms with van der Waals surface area (Å²) in [5.41, 5.74) is 0.605. The molecule has 2 amide bonds. The molecule has 0 saturated carbocycles. The summed E-state index contributed by atoms with van der Waals surface area (Å²) in [6.45, 7) is 6.23. The maximum atomic E-state index is 12.8. The summed E-state index contributed by atoms with van der Waals surface area (Å²) in [5, 5.41) is 0. The van der Waals surface area contributed by atoms with Crippen molar-refractivity contribution in [3.63, 3.8) is 0 Å². The predicted molar refractivity (Wildman–Crippen MR) is 90.1 cm³/mol. The van der Waals surface area contributed by atoms with E-state index in [4.69, 9.17) is 0 Å². The highest BCUT2D eigenvalue weighted by Gasteiger charge is 2.47. The normalized spacial score (nSPS) is 24.5. The van der Waals surface area contributed by atoms with Crippen LogP contribution in [0.4, 0.5) is 0 Å². The monoisotopic (exact) mass is 314 g/mol. The average Bonchev–Trinajstić information content (AvgIpc) is 2.96. The lowest BCUT2D eigenvalue weighted by Crippen LogP contribution is -2.59. The van der Waals surface area contributed by atoms with Crippen LogP contribution in [-0.4, -0.2) is 46.8 Å². The number of benzene rings is 1. The van der Waals surface area contributed by atoms with E-state index >= 15 is 0 Å². The molecule has 2 heterocycles. The lowest BCUT2D eigenvalue weighted by molar-refractivity contribution is -0.140. The molecule has 2 saturated heterocycles. The van der Waals surface area contributed by atoms with Gasteiger partial charge in [0.1, 0.15) is 0 Å². The summed E-state index contributed by atoms with van der Waals surface area (Å²) in [5.74, 6) is 0.343. The van der Waals surface area contributed by atoms with Gasteiger partial charge in [0.2, 0.25) is 5.91 Å². The molecule has 23 heavy (non-hydrogen) atoms. The van der Waals surface area contributed by atoms with E-state index < -0.39 is 0 Å². The highest BCUT2D eigenvalue weighted by molar-refractivity contribution is 5.94. The van der Waals surface area contributed by atoms with Gasteiger partial charge in [0.15, 0.2) is 0 Å². The van der Waals surface area contributed by atoms with Gasteiger partial charge in [-0.2, -0.15) is 0 Å². The number of hydrogen-bond donors (Lipinski definition) is 0. The van der Waals surface area contributed by atoms with Crippen molar-refractivity contribution in [3.05, 3.63) is 35.9 Å². The zero-order valence-electron chi connectivity index (χ0n) is 14.1. The number of amides is 2. The SMILES string of the molecule is CC(C)C(=O)N1CCC[C@]12CCCN(C(=O)c1ccccc1)C2. The summed E-state index contributed by atoms with van der Waals surface area (Å²) < 4.78 is 0. The van der Waals surface area contributed by atoms with Crippen LogP contribution in [0.5, 0.6) is 0 Å². The first kappa shape index (κ1) is 16.0. The van der Waals surface area contributed by atoms with Crippen LogP contribution >= 0.6 is 0 Å². The standard InChI is InChI=1S/C19H26N2O2/c1-15(2)17(22)21-13-7-11-19(21)10-6-12-20(14-19)18(23)16-8-4-3-5-9-16/h3-5,8-9,15H,6-7,10-14H2,1-2H3/t19-/m0/s1. The molecule has 3 rings (SSSR count). The molecule has 0 unspecified atom stereocenters. The molecule has 0 aliphatic carbocycles. The van der Waals surface area contributed by atoms with E-state index in [1.807, 2.05) is 49.1 Å². The lowest BCUT2D eigenvalue weighted by atomic mass is 9.85. The second-order valence-corrected chi connectivity index (χ2v) is 7.17. The van der Waals surface area contributed by atoms with Gasteiger partial charge in [-0.25, -0.2) is 0 Å². The number of nitrogens with zero attached hydrogens (tertiary/aromatic N) is 2. The van der Waals surface area contributed by atoms with Crippen LogP contribution in [0.15, 0.2) is 30.3 Å². The van der Waals surface area contributed by atoms with Crippen molar-refractivity contribution in [2.24, 2.45) is 5.92 Å². The molecule has 1 aromatic rings. The number of carbonyl (C=O) groups is 2. The first-order valence-electron chi connectivity index (χ1n) is 8.69. The third kappa shape index (κ3) is 2.99. The zero-order chi connectivity index (χ0) is 16.4. The average molecular weight is 314 g/mol. The Morgan fingerprint density at radius 3 is 2.35 bits per heavy atom. The van der Waals surface area contributed by atoms with E-state index in [1.54, 1.807) is 0 Å². The molecule has 124 valence electrons. The van der Waals surface area contributed by atoms with Crippen LogP contribution < -0.4 is 0 Å². The zero-order valence-corrected chi connectivity index (χ0v) is 14.1. The molecule has 1 spiro atoms. The van der Waals surface area contributed by atoms with Crippen molar-refractivity contribution >= 4 is 11.8 Å². The summed E-state index contributed by atoms with van der Waals surface area (Å²) in [4.78, 5) is 29.4. The minimum atomic E-state index is -0.135. The molecular formula is C19H26N2O2. The van der Waals surface area contributed by atoms with E-state index in [-0.39, 0.29) is 23.3 Å². The van der Waals surface area contributed by atoms with Crippen molar-refractivity contribution in [2.45, 2.75) is 45.1 Å². The van der Waals surface area contributed by atoms with Gasteiger partial charge in [0.25, 0.3) is 5.91 Å². The highest BCUT2D eigenvalue weighted by Crippen LogP contribution is 2.38. The third-order valence-electron chi connectivity index (χ3n) is 5.22. The molecular weight excluding hydrogens is 288 g/mol. The van der Waals surface area contributed by atoms with Crippen LogP contribution in [0.2, 0.25) is 0 Å². The van der Waals surface area contributed by atoms with Gasteiger partial charge in [-0.3, -0.25) is 9.59 Å². The van der Waals surface area contributed by atoms with E-state index in [1.165, 1.54) is 0 Å². The molecule has 4 nitrogen and oxygen atoms in total. The Balaban J connectivity index is 1.80. The lowest BCUT2D eigenvalue weighted by Gasteiger charge is -2.46. The van der Waals surface area contributed by atoms with Gasteiger partial charge >= 0.3 is 0 Å². The Labute approximate surface area is 138 Å². The maximum Gasteiger partial charge on any atom is 0.253 e. The van der Waals surface area contributed by atoms with Gasteiger partial charge in [-0.05, 0) is 37.8 Å². The highest BCUT2D eigenvalue weighted by atomic mass is 16.2. The first-order valence-corrected chi connectivity index (χ1v) is 8.69. The van der Waals surface area contributed by atoms with Crippen LogP contribution in [0.25, 0.3) is 0 Å². The summed E-state index contributed by atoms with van der Waals surface area (Å²) in [6, 6.07) is 9.47. The fraction of sp³-hybridized carbons (Fsp3) is 0.579. The molecule has 0 N–H and O–H groups in total. The topological polar surface area (TPSA) is 40.6 Å². The number of rotatable bonds is 2. The Kier molecular flexibility index (Phi) is 4.42. The molecule has 1 atom stereocenters. The quantitative estimate of drug-likeness (QED) is 0.842. The van der Waals surface area contributed by atoms with Crippen LogP contribution in [0.1, 0.15) is 49.9 Å². The molecule has 2 aliphatic heterocycles. The second-order valence-electron chi connectivity index (χ2n) is 7.17. The Bertz CT molecular complexity index is 584. The minimum Gasteiger partial charge on any atom is -0.336 e. The van der Waals surface area contributed by atoms with Crippen molar-refractivity contribution in [1.82, 2.24) is 9.80 Å². The molecule has 1 aromatic carbocycles. The molecule has 2 fully saturated rings. The summed E-state index contributed by atoms with van der Waals surface area (Å²) in [6.07, 6.45) is 4.06. The Morgan fingerprint density at radius 1 is 1.04 bits per heavy atom.